The second kappa shape index (κ2) is 9.93. The van der Waals surface area contributed by atoms with Crippen LogP contribution in [0.4, 0.5) is 0 Å². The van der Waals surface area contributed by atoms with Gasteiger partial charge in [-0.1, -0.05) is 24.3 Å². The van der Waals surface area contributed by atoms with Gasteiger partial charge in [0.1, 0.15) is 11.5 Å². The van der Waals surface area contributed by atoms with Crippen LogP contribution in [0.3, 0.4) is 0 Å². The summed E-state index contributed by atoms with van der Waals surface area (Å²) in [4.78, 5) is 26.3. The van der Waals surface area contributed by atoms with Crippen LogP contribution in [0.1, 0.15) is 43.6 Å². The molecule has 0 fully saturated rings. The molecule has 0 saturated heterocycles. The predicted octanol–water partition coefficient (Wildman–Crippen LogP) is 4.14. The third kappa shape index (κ3) is 5.59. The Morgan fingerprint density at radius 3 is 2.29 bits per heavy atom. The van der Waals surface area contributed by atoms with Crippen molar-refractivity contribution in [3.8, 4) is 11.5 Å². The van der Waals surface area contributed by atoms with E-state index in [9.17, 15) is 9.59 Å². The Balaban J connectivity index is 2.03. The van der Waals surface area contributed by atoms with Crippen molar-refractivity contribution in [2.75, 3.05) is 13.7 Å². The lowest BCUT2D eigenvalue weighted by Gasteiger charge is -2.30. The molecule has 0 aliphatic carbocycles. The molecule has 28 heavy (non-hydrogen) atoms. The van der Waals surface area contributed by atoms with Crippen LogP contribution in [0.25, 0.3) is 0 Å². The number of carbonyl (C=O) groups is 2. The number of likely N-dealkylation sites (N-methyl/N-ethyl adjacent to an activating group) is 1. The van der Waals surface area contributed by atoms with E-state index in [1.807, 2.05) is 43.0 Å². The average Bonchev–Trinajstić information content (AvgIpc) is 2.69. The minimum Gasteiger partial charge on any atom is -0.497 e. The smallest absolute Gasteiger partial charge is 0.263 e. The molecule has 0 aromatic heterocycles. The highest BCUT2D eigenvalue weighted by atomic mass is 16.5. The van der Waals surface area contributed by atoms with E-state index >= 15 is 0 Å². The van der Waals surface area contributed by atoms with Gasteiger partial charge in [-0.05, 0) is 63.9 Å². The van der Waals surface area contributed by atoms with Gasteiger partial charge in [0.15, 0.2) is 11.9 Å². The van der Waals surface area contributed by atoms with E-state index in [1.54, 1.807) is 38.3 Å². The lowest BCUT2D eigenvalue weighted by Crippen LogP contribution is -2.46. The molecule has 2 rings (SSSR count). The number of amides is 1. The molecular formula is C23H29NO4. The van der Waals surface area contributed by atoms with Gasteiger partial charge < -0.3 is 14.4 Å². The van der Waals surface area contributed by atoms with Gasteiger partial charge >= 0.3 is 0 Å². The second-order valence-corrected chi connectivity index (χ2v) is 6.87. The number of benzene rings is 2. The average molecular weight is 383 g/mol. The van der Waals surface area contributed by atoms with E-state index in [0.717, 1.165) is 17.7 Å². The standard InChI is InChI=1S/C23H29NO4/c1-6-24(16(2)14-19-10-12-21(27-5)13-11-19)23(26)18(4)28-22-9-7-8-20(15-22)17(3)25/h7-13,15-16,18H,6,14H2,1-5H3. The minimum absolute atomic E-state index is 0.0282. The molecule has 0 aliphatic rings. The quantitative estimate of drug-likeness (QED) is 0.611. The molecule has 0 radical (unpaired) electrons. The first kappa shape index (κ1) is 21.5. The Morgan fingerprint density at radius 1 is 1.04 bits per heavy atom. The number of hydrogen-bond acceptors (Lipinski definition) is 4. The van der Waals surface area contributed by atoms with Crippen LogP contribution in [0.5, 0.6) is 11.5 Å². The molecule has 5 heteroatoms. The molecule has 2 aromatic carbocycles. The Bertz CT molecular complexity index is 801. The van der Waals surface area contributed by atoms with Crippen LogP contribution in [0, 0.1) is 0 Å². The molecule has 0 bridgehead atoms. The van der Waals surface area contributed by atoms with E-state index in [4.69, 9.17) is 9.47 Å². The monoisotopic (exact) mass is 383 g/mol. The zero-order valence-corrected chi connectivity index (χ0v) is 17.3. The fourth-order valence-electron chi connectivity index (χ4n) is 3.17. The number of carbonyl (C=O) groups excluding carboxylic acids is 2. The molecule has 0 heterocycles. The van der Waals surface area contributed by atoms with Crippen molar-refractivity contribution in [2.45, 2.75) is 46.3 Å². The van der Waals surface area contributed by atoms with E-state index in [1.165, 1.54) is 6.92 Å². The van der Waals surface area contributed by atoms with Crippen LogP contribution in [0.15, 0.2) is 48.5 Å². The highest BCUT2D eigenvalue weighted by Gasteiger charge is 2.25. The molecular weight excluding hydrogens is 354 g/mol. The van der Waals surface area contributed by atoms with Gasteiger partial charge in [-0.3, -0.25) is 9.59 Å². The van der Waals surface area contributed by atoms with Crippen LogP contribution in [-0.2, 0) is 11.2 Å². The topological polar surface area (TPSA) is 55.8 Å². The zero-order valence-electron chi connectivity index (χ0n) is 17.3. The lowest BCUT2D eigenvalue weighted by atomic mass is 10.1. The Morgan fingerprint density at radius 2 is 1.71 bits per heavy atom. The molecule has 0 spiro atoms. The fourth-order valence-corrected chi connectivity index (χ4v) is 3.17. The Kier molecular flexibility index (Phi) is 7.61. The molecule has 1 amide bonds. The largest absolute Gasteiger partial charge is 0.497 e. The number of hydrogen-bond donors (Lipinski definition) is 0. The van der Waals surface area contributed by atoms with Gasteiger partial charge in [-0.25, -0.2) is 0 Å². The fraction of sp³-hybridized carbons (Fsp3) is 0.391. The summed E-state index contributed by atoms with van der Waals surface area (Å²) in [5.41, 5.74) is 1.71. The van der Waals surface area contributed by atoms with Crippen molar-refractivity contribution in [1.82, 2.24) is 4.90 Å². The number of ketones is 1. The van der Waals surface area contributed by atoms with Crippen molar-refractivity contribution in [3.05, 3.63) is 59.7 Å². The number of methoxy groups -OCH3 is 1. The van der Waals surface area contributed by atoms with Crippen molar-refractivity contribution >= 4 is 11.7 Å². The van der Waals surface area contributed by atoms with Gasteiger partial charge in [0.25, 0.3) is 5.91 Å². The molecule has 5 nitrogen and oxygen atoms in total. The van der Waals surface area contributed by atoms with E-state index in [0.29, 0.717) is 17.9 Å². The Labute approximate surface area is 167 Å². The highest BCUT2D eigenvalue weighted by molar-refractivity contribution is 5.94. The first-order chi connectivity index (χ1) is 13.3. The van der Waals surface area contributed by atoms with Gasteiger partial charge in [0, 0.05) is 18.2 Å². The van der Waals surface area contributed by atoms with Gasteiger partial charge in [-0.15, -0.1) is 0 Å². The SMILES string of the molecule is CCN(C(=O)C(C)Oc1cccc(C(C)=O)c1)C(C)Cc1ccc(OC)cc1. The first-order valence-corrected chi connectivity index (χ1v) is 9.56. The summed E-state index contributed by atoms with van der Waals surface area (Å²) < 4.78 is 11.0. The maximum Gasteiger partial charge on any atom is 0.263 e. The van der Waals surface area contributed by atoms with Gasteiger partial charge in [-0.2, -0.15) is 0 Å². The van der Waals surface area contributed by atoms with Crippen LogP contribution < -0.4 is 9.47 Å². The molecule has 0 saturated carbocycles. The van der Waals surface area contributed by atoms with Crippen LogP contribution in [-0.4, -0.2) is 42.4 Å². The summed E-state index contributed by atoms with van der Waals surface area (Å²) in [6, 6.07) is 14.8. The summed E-state index contributed by atoms with van der Waals surface area (Å²) >= 11 is 0. The maximum absolute atomic E-state index is 12.9. The normalized spacial score (nSPS) is 12.8. The summed E-state index contributed by atoms with van der Waals surface area (Å²) in [5.74, 6) is 1.23. The summed E-state index contributed by atoms with van der Waals surface area (Å²) in [6.07, 6.45) is 0.108. The predicted molar refractivity (Wildman–Crippen MR) is 110 cm³/mol. The molecule has 0 aliphatic heterocycles. The molecule has 2 unspecified atom stereocenters. The highest BCUT2D eigenvalue weighted by Crippen LogP contribution is 2.18. The van der Waals surface area contributed by atoms with E-state index < -0.39 is 6.10 Å². The van der Waals surface area contributed by atoms with Crippen LogP contribution >= 0.6 is 0 Å². The third-order valence-corrected chi connectivity index (χ3v) is 4.75. The number of nitrogens with zero attached hydrogens (tertiary/aromatic N) is 1. The summed E-state index contributed by atoms with van der Waals surface area (Å²) in [7, 11) is 1.64. The maximum atomic E-state index is 12.9. The summed E-state index contributed by atoms with van der Waals surface area (Å²) in [6.45, 7) is 7.84. The molecule has 2 aromatic rings. The minimum atomic E-state index is -0.638. The molecule has 0 N–H and O–H groups in total. The van der Waals surface area contributed by atoms with Crippen molar-refractivity contribution in [2.24, 2.45) is 0 Å². The number of rotatable bonds is 9. The van der Waals surface area contributed by atoms with Crippen molar-refractivity contribution in [3.63, 3.8) is 0 Å². The third-order valence-electron chi connectivity index (χ3n) is 4.75. The van der Waals surface area contributed by atoms with Gasteiger partial charge in [0.05, 0.1) is 7.11 Å². The van der Waals surface area contributed by atoms with Crippen LogP contribution in [0.2, 0.25) is 0 Å². The number of ether oxygens (including phenoxy) is 2. The number of Topliss-reactive ketones (excluding diaryl/α,β-unsaturated/α-hetero) is 1. The molecule has 2 atom stereocenters. The molecule has 150 valence electrons. The summed E-state index contributed by atoms with van der Waals surface area (Å²) in [5, 5.41) is 0. The zero-order chi connectivity index (χ0) is 20.7. The van der Waals surface area contributed by atoms with Crippen molar-refractivity contribution < 1.29 is 19.1 Å². The van der Waals surface area contributed by atoms with E-state index in [-0.39, 0.29) is 17.7 Å². The Hall–Kier alpha value is -2.82. The second-order valence-electron chi connectivity index (χ2n) is 6.87. The van der Waals surface area contributed by atoms with Crippen molar-refractivity contribution in [1.29, 1.82) is 0 Å². The lowest BCUT2D eigenvalue weighted by molar-refractivity contribution is -0.139. The van der Waals surface area contributed by atoms with E-state index in [2.05, 4.69) is 0 Å². The van der Waals surface area contributed by atoms with Gasteiger partial charge in [0.2, 0.25) is 0 Å². The first-order valence-electron chi connectivity index (χ1n) is 9.56.